The van der Waals surface area contributed by atoms with Gasteiger partial charge in [0, 0.05) is 7.05 Å². The summed E-state index contributed by atoms with van der Waals surface area (Å²) in [6.07, 6.45) is 8.00. The lowest BCUT2D eigenvalue weighted by molar-refractivity contribution is -0.629. The Balaban J connectivity index is 2.66. The van der Waals surface area contributed by atoms with Crippen LogP contribution in [-0.4, -0.2) is 31.5 Å². The Bertz CT molecular complexity index is 331. The molecule has 1 aliphatic carbocycles. The van der Waals surface area contributed by atoms with E-state index in [1.165, 1.54) is 32.1 Å². The number of hydrogen-bond acceptors (Lipinski definition) is 3. The second-order valence-electron chi connectivity index (χ2n) is 4.50. The number of rotatable bonds is 5. The third-order valence-electron chi connectivity index (χ3n) is 3.20. The van der Waals surface area contributed by atoms with Gasteiger partial charge >= 0.3 is 5.97 Å². The van der Waals surface area contributed by atoms with Crippen molar-refractivity contribution < 1.29 is 14.8 Å². The van der Waals surface area contributed by atoms with Crippen LogP contribution in [0.25, 0.3) is 0 Å². The van der Waals surface area contributed by atoms with Crippen molar-refractivity contribution in [3.05, 3.63) is 11.8 Å². The average Bonchev–Trinajstić information content (AvgIpc) is 2.40. The van der Waals surface area contributed by atoms with E-state index in [0.717, 1.165) is 0 Å². The number of aliphatic imine (C=N–C) groups is 1. The van der Waals surface area contributed by atoms with Crippen molar-refractivity contribution >= 4 is 11.8 Å². The molecule has 1 fully saturated rings. The summed E-state index contributed by atoms with van der Waals surface area (Å²) in [5.41, 5.74) is 6.09. The van der Waals surface area contributed by atoms with Gasteiger partial charge in [-0.3, -0.25) is 4.99 Å². The molecule has 1 saturated carbocycles. The minimum Gasteiger partial charge on any atom is -0.462 e. The zero-order chi connectivity index (χ0) is 13.4. The van der Waals surface area contributed by atoms with Crippen molar-refractivity contribution in [1.82, 2.24) is 0 Å². The zero-order valence-corrected chi connectivity index (χ0v) is 11.3. The van der Waals surface area contributed by atoms with Gasteiger partial charge in [-0.15, -0.1) is 0 Å². The van der Waals surface area contributed by atoms with Crippen LogP contribution in [0.1, 0.15) is 39.0 Å². The van der Waals surface area contributed by atoms with Crippen molar-refractivity contribution in [2.45, 2.75) is 45.1 Å². The largest absolute Gasteiger partial charge is 0.462 e. The van der Waals surface area contributed by atoms with Gasteiger partial charge in [-0.2, -0.15) is 0 Å². The molecule has 0 amide bonds. The summed E-state index contributed by atoms with van der Waals surface area (Å²) in [6, 6.07) is 0.549. The maximum atomic E-state index is 11.7. The van der Waals surface area contributed by atoms with Gasteiger partial charge in [0.15, 0.2) is 5.57 Å². The SMILES string of the molecule is CCOC(=O)C(=C[NH2+]C1CCCCC1)C(N)=NC. The van der Waals surface area contributed by atoms with Crippen LogP contribution in [0.15, 0.2) is 16.8 Å². The van der Waals surface area contributed by atoms with Gasteiger partial charge in [-0.25, -0.2) is 4.79 Å². The first-order valence-electron chi connectivity index (χ1n) is 6.64. The molecular weight excluding hydrogens is 230 g/mol. The van der Waals surface area contributed by atoms with Crippen LogP contribution in [0.4, 0.5) is 0 Å². The predicted octanol–water partition coefficient (Wildman–Crippen LogP) is 0.317. The van der Waals surface area contributed by atoms with Gasteiger partial charge < -0.3 is 15.8 Å². The number of carbonyl (C=O) groups is 1. The number of ether oxygens (including phenoxy) is 1. The predicted molar refractivity (Wildman–Crippen MR) is 71.1 cm³/mol. The van der Waals surface area contributed by atoms with E-state index < -0.39 is 5.97 Å². The summed E-state index contributed by atoms with van der Waals surface area (Å²) in [5.74, 6) is -0.159. The fourth-order valence-corrected chi connectivity index (χ4v) is 2.15. The van der Waals surface area contributed by atoms with Crippen LogP contribution in [0.3, 0.4) is 0 Å². The van der Waals surface area contributed by atoms with E-state index in [2.05, 4.69) is 10.3 Å². The highest BCUT2D eigenvalue weighted by Gasteiger charge is 2.19. The molecule has 0 atom stereocenters. The second kappa shape index (κ2) is 7.87. The van der Waals surface area contributed by atoms with E-state index >= 15 is 0 Å². The fourth-order valence-electron chi connectivity index (χ4n) is 2.15. The molecule has 5 heteroatoms. The Hall–Kier alpha value is -1.36. The molecule has 18 heavy (non-hydrogen) atoms. The van der Waals surface area contributed by atoms with Crippen LogP contribution >= 0.6 is 0 Å². The highest BCUT2D eigenvalue weighted by molar-refractivity contribution is 6.17. The normalized spacial score (nSPS) is 18.8. The van der Waals surface area contributed by atoms with Crippen molar-refractivity contribution in [2.24, 2.45) is 10.7 Å². The molecule has 0 aromatic rings. The third-order valence-corrected chi connectivity index (χ3v) is 3.20. The lowest BCUT2D eigenvalue weighted by Gasteiger charge is -2.18. The van der Waals surface area contributed by atoms with Crippen molar-refractivity contribution in [2.75, 3.05) is 13.7 Å². The lowest BCUT2D eigenvalue weighted by Crippen LogP contribution is -2.85. The average molecular weight is 254 g/mol. The lowest BCUT2D eigenvalue weighted by atomic mass is 9.96. The molecule has 0 spiro atoms. The maximum Gasteiger partial charge on any atom is 0.347 e. The number of quaternary nitrogens is 1. The van der Waals surface area contributed by atoms with E-state index in [1.54, 1.807) is 20.2 Å². The van der Waals surface area contributed by atoms with Gasteiger partial charge in [0.05, 0.1) is 12.6 Å². The van der Waals surface area contributed by atoms with Gasteiger partial charge in [0.25, 0.3) is 0 Å². The summed E-state index contributed by atoms with van der Waals surface area (Å²) in [4.78, 5) is 15.6. The van der Waals surface area contributed by atoms with Gasteiger partial charge in [-0.1, -0.05) is 6.42 Å². The molecule has 0 heterocycles. The van der Waals surface area contributed by atoms with E-state index in [-0.39, 0.29) is 5.84 Å². The molecule has 0 aromatic heterocycles. The van der Waals surface area contributed by atoms with Gasteiger partial charge in [0.2, 0.25) is 0 Å². The molecule has 4 N–H and O–H groups in total. The van der Waals surface area contributed by atoms with E-state index in [9.17, 15) is 4.79 Å². The number of esters is 1. The van der Waals surface area contributed by atoms with Crippen LogP contribution in [0.5, 0.6) is 0 Å². The third kappa shape index (κ3) is 4.49. The van der Waals surface area contributed by atoms with Gasteiger partial charge in [-0.05, 0) is 32.6 Å². The summed E-state index contributed by atoms with van der Waals surface area (Å²) < 4.78 is 4.98. The summed E-state index contributed by atoms with van der Waals surface area (Å²) in [6.45, 7) is 2.12. The van der Waals surface area contributed by atoms with Crippen molar-refractivity contribution in [3.63, 3.8) is 0 Å². The van der Waals surface area contributed by atoms with Crippen molar-refractivity contribution in [3.8, 4) is 0 Å². The monoisotopic (exact) mass is 254 g/mol. The quantitative estimate of drug-likeness (QED) is 0.321. The summed E-state index contributed by atoms with van der Waals surface area (Å²) in [7, 11) is 1.57. The smallest absolute Gasteiger partial charge is 0.347 e. The van der Waals surface area contributed by atoms with Crippen LogP contribution in [-0.2, 0) is 9.53 Å². The topological polar surface area (TPSA) is 81.3 Å². The maximum absolute atomic E-state index is 11.7. The molecule has 0 unspecified atom stereocenters. The van der Waals surface area contributed by atoms with Gasteiger partial charge in [0.1, 0.15) is 12.0 Å². The molecule has 0 radical (unpaired) electrons. The molecule has 0 aliphatic heterocycles. The fraction of sp³-hybridized carbons (Fsp3) is 0.692. The number of nitrogens with zero attached hydrogens (tertiary/aromatic N) is 1. The molecular formula is C13H24N3O2+. The first-order chi connectivity index (χ1) is 8.69. The number of carbonyl (C=O) groups excluding carboxylic acids is 1. The van der Waals surface area contributed by atoms with Crippen LogP contribution < -0.4 is 11.1 Å². The van der Waals surface area contributed by atoms with Crippen LogP contribution in [0, 0.1) is 0 Å². The molecule has 102 valence electrons. The minimum atomic E-state index is -0.396. The Morgan fingerprint density at radius 2 is 2.11 bits per heavy atom. The Morgan fingerprint density at radius 3 is 2.67 bits per heavy atom. The standard InChI is InChI=1S/C13H23N3O2/c1-3-18-13(17)11(12(14)15-2)9-16-10-7-5-4-6-8-10/h9-10,16H,3-8H2,1-2H3,(H2,14,15)/p+1. The Kier molecular flexibility index (Phi) is 6.43. The molecule has 5 nitrogen and oxygen atoms in total. The Morgan fingerprint density at radius 1 is 1.44 bits per heavy atom. The first kappa shape index (κ1) is 14.7. The number of hydrogen-bond donors (Lipinski definition) is 2. The molecule has 0 bridgehead atoms. The number of amidine groups is 1. The molecule has 0 saturated heterocycles. The Labute approximate surface area is 108 Å². The first-order valence-corrected chi connectivity index (χ1v) is 6.64. The second-order valence-corrected chi connectivity index (χ2v) is 4.50. The highest BCUT2D eigenvalue weighted by Crippen LogP contribution is 2.14. The molecule has 1 aliphatic rings. The van der Waals surface area contributed by atoms with E-state index in [0.29, 0.717) is 18.2 Å². The highest BCUT2D eigenvalue weighted by atomic mass is 16.5. The van der Waals surface area contributed by atoms with Crippen molar-refractivity contribution in [1.29, 1.82) is 0 Å². The van der Waals surface area contributed by atoms with Crippen LogP contribution in [0.2, 0.25) is 0 Å². The number of nitrogens with two attached hydrogens (primary N) is 2. The summed E-state index contributed by atoms with van der Waals surface area (Å²) in [5, 5.41) is 2.07. The zero-order valence-electron chi connectivity index (χ0n) is 11.3. The molecule has 1 rings (SSSR count). The van der Waals surface area contributed by atoms with E-state index in [1.807, 2.05) is 0 Å². The summed E-state index contributed by atoms with van der Waals surface area (Å²) >= 11 is 0. The molecule has 0 aromatic carbocycles. The van der Waals surface area contributed by atoms with E-state index in [4.69, 9.17) is 10.5 Å². The minimum absolute atomic E-state index is 0.237.